The molecule has 2 aliphatic carbocycles. The van der Waals surface area contributed by atoms with Crippen molar-refractivity contribution >= 4 is 0 Å². The highest BCUT2D eigenvalue weighted by Crippen LogP contribution is 2.62. The van der Waals surface area contributed by atoms with Gasteiger partial charge in [0.15, 0.2) is 0 Å². The van der Waals surface area contributed by atoms with Crippen LogP contribution in [0.2, 0.25) is 0 Å². The van der Waals surface area contributed by atoms with Crippen LogP contribution in [0.3, 0.4) is 0 Å². The summed E-state index contributed by atoms with van der Waals surface area (Å²) in [6.07, 6.45) is 7.13. The van der Waals surface area contributed by atoms with Gasteiger partial charge in [-0.15, -0.1) is 0 Å². The molecule has 0 aliphatic heterocycles. The first-order chi connectivity index (χ1) is 8.14. The molecule has 17 heavy (non-hydrogen) atoms. The fourth-order valence-electron chi connectivity index (χ4n) is 3.47. The van der Waals surface area contributed by atoms with Crippen molar-refractivity contribution in [3.8, 4) is 0 Å². The first-order valence-corrected chi connectivity index (χ1v) is 6.85. The van der Waals surface area contributed by atoms with E-state index < -0.39 is 0 Å². The fourth-order valence-corrected chi connectivity index (χ4v) is 3.47. The second-order valence-electron chi connectivity index (χ2n) is 6.56. The van der Waals surface area contributed by atoms with Gasteiger partial charge in [-0.1, -0.05) is 30.3 Å². The topological polar surface area (TPSA) is 3.24 Å². The Morgan fingerprint density at radius 3 is 2.12 bits per heavy atom. The van der Waals surface area contributed by atoms with Gasteiger partial charge in [-0.05, 0) is 62.6 Å². The van der Waals surface area contributed by atoms with Crippen molar-refractivity contribution in [1.82, 2.24) is 4.90 Å². The molecule has 0 saturated heterocycles. The maximum Gasteiger partial charge on any atom is 0.00322 e. The van der Waals surface area contributed by atoms with Crippen LogP contribution in [-0.2, 0) is 5.41 Å². The van der Waals surface area contributed by atoms with Gasteiger partial charge in [0.05, 0.1) is 0 Å². The third-order valence-electron chi connectivity index (χ3n) is 4.56. The van der Waals surface area contributed by atoms with Gasteiger partial charge in [-0.2, -0.15) is 0 Å². The van der Waals surface area contributed by atoms with Crippen LogP contribution in [0.1, 0.15) is 37.7 Å². The zero-order chi connectivity index (χ0) is 11.9. The molecule has 0 atom stereocenters. The van der Waals surface area contributed by atoms with Gasteiger partial charge in [-0.3, -0.25) is 0 Å². The van der Waals surface area contributed by atoms with Gasteiger partial charge in [0, 0.05) is 6.54 Å². The van der Waals surface area contributed by atoms with E-state index in [4.69, 9.17) is 0 Å². The summed E-state index contributed by atoms with van der Waals surface area (Å²) in [7, 11) is 4.42. The summed E-state index contributed by atoms with van der Waals surface area (Å²) in [5.41, 5.74) is 2.79. The largest absolute Gasteiger partial charge is 0.309 e. The smallest absolute Gasteiger partial charge is 0.00322 e. The molecular weight excluding hydrogens is 206 g/mol. The van der Waals surface area contributed by atoms with E-state index in [1.807, 2.05) is 0 Å². The van der Waals surface area contributed by atoms with Crippen molar-refractivity contribution in [2.45, 2.75) is 37.5 Å². The summed E-state index contributed by atoms with van der Waals surface area (Å²) in [4.78, 5) is 2.37. The molecule has 3 rings (SSSR count). The molecule has 0 heterocycles. The van der Waals surface area contributed by atoms with Crippen LogP contribution >= 0.6 is 0 Å². The van der Waals surface area contributed by atoms with Gasteiger partial charge in [-0.25, -0.2) is 0 Å². The number of benzene rings is 1. The van der Waals surface area contributed by atoms with E-state index in [9.17, 15) is 0 Å². The van der Waals surface area contributed by atoms with Crippen LogP contribution in [0.4, 0.5) is 0 Å². The third kappa shape index (κ3) is 2.26. The van der Waals surface area contributed by atoms with Crippen molar-refractivity contribution in [2.75, 3.05) is 20.6 Å². The summed E-state index contributed by atoms with van der Waals surface area (Å²) in [6.45, 7) is 1.28. The first kappa shape index (κ1) is 11.3. The molecule has 0 aromatic heterocycles. The molecule has 0 amide bonds. The van der Waals surface area contributed by atoms with Crippen LogP contribution in [0, 0.1) is 5.41 Å². The molecule has 0 unspecified atom stereocenters. The van der Waals surface area contributed by atoms with E-state index in [0.717, 1.165) is 0 Å². The van der Waals surface area contributed by atoms with Gasteiger partial charge in [0.2, 0.25) is 0 Å². The van der Waals surface area contributed by atoms with Crippen molar-refractivity contribution in [2.24, 2.45) is 5.41 Å². The lowest BCUT2D eigenvalue weighted by Crippen LogP contribution is -2.26. The molecule has 0 radical (unpaired) electrons. The van der Waals surface area contributed by atoms with Crippen molar-refractivity contribution < 1.29 is 0 Å². The SMILES string of the molecule is CN(C)CC1(CC2(c3ccccc3)CC2)CC1. The number of hydrogen-bond acceptors (Lipinski definition) is 1. The highest BCUT2D eigenvalue weighted by molar-refractivity contribution is 5.32. The van der Waals surface area contributed by atoms with Crippen LogP contribution in [-0.4, -0.2) is 25.5 Å². The van der Waals surface area contributed by atoms with E-state index in [1.165, 1.54) is 38.6 Å². The van der Waals surface area contributed by atoms with Crippen molar-refractivity contribution in [1.29, 1.82) is 0 Å². The van der Waals surface area contributed by atoms with Crippen molar-refractivity contribution in [3.05, 3.63) is 35.9 Å². The highest BCUT2D eigenvalue weighted by atomic mass is 15.1. The van der Waals surface area contributed by atoms with Gasteiger partial charge >= 0.3 is 0 Å². The summed E-state index contributed by atoms with van der Waals surface area (Å²) >= 11 is 0. The Hall–Kier alpha value is -0.820. The predicted molar refractivity (Wildman–Crippen MR) is 72.2 cm³/mol. The molecule has 1 aromatic carbocycles. The Balaban J connectivity index is 1.73. The van der Waals surface area contributed by atoms with Gasteiger partial charge in [0.1, 0.15) is 0 Å². The second kappa shape index (κ2) is 3.84. The van der Waals surface area contributed by atoms with Gasteiger partial charge < -0.3 is 4.90 Å². The average Bonchev–Trinajstić information content (AvgIpc) is 3.20. The standard InChI is InChI=1S/C16H23N/c1-17(2)13-15(8-9-15)12-16(10-11-16)14-6-4-3-5-7-14/h3-7H,8-13H2,1-2H3. The van der Waals surface area contributed by atoms with Gasteiger partial charge in [0.25, 0.3) is 0 Å². The predicted octanol–water partition coefficient (Wildman–Crippen LogP) is 3.45. The molecule has 0 bridgehead atoms. The zero-order valence-corrected chi connectivity index (χ0v) is 11.1. The minimum Gasteiger partial charge on any atom is -0.309 e. The lowest BCUT2D eigenvalue weighted by Gasteiger charge is -2.26. The van der Waals surface area contributed by atoms with E-state index in [2.05, 4.69) is 49.3 Å². The maximum absolute atomic E-state index is 2.37. The van der Waals surface area contributed by atoms with Crippen LogP contribution < -0.4 is 0 Å². The summed E-state index contributed by atoms with van der Waals surface area (Å²) in [5, 5.41) is 0. The summed E-state index contributed by atoms with van der Waals surface area (Å²) in [6, 6.07) is 11.2. The summed E-state index contributed by atoms with van der Waals surface area (Å²) < 4.78 is 0. The molecule has 0 spiro atoms. The van der Waals surface area contributed by atoms with E-state index in [1.54, 1.807) is 5.56 Å². The van der Waals surface area contributed by atoms with Crippen LogP contribution in [0.15, 0.2) is 30.3 Å². The average molecular weight is 229 g/mol. The van der Waals surface area contributed by atoms with E-state index in [-0.39, 0.29) is 0 Å². The summed E-state index contributed by atoms with van der Waals surface area (Å²) in [5.74, 6) is 0. The number of hydrogen-bond donors (Lipinski definition) is 0. The Morgan fingerprint density at radius 1 is 1.00 bits per heavy atom. The Morgan fingerprint density at radius 2 is 1.65 bits per heavy atom. The first-order valence-electron chi connectivity index (χ1n) is 6.85. The monoisotopic (exact) mass is 229 g/mol. The van der Waals surface area contributed by atoms with E-state index >= 15 is 0 Å². The molecule has 0 N–H and O–H groups in total. The minimum absolute atomic E-state index is 0.549. The second-order valence-corrected chi connectivity index (χ2v) is 6.56. The maximum atomic E-state index is 2.37. The quantitative estimate of drug-likeness (QED) is 0.747. The molecule has 2 fully saturated rings. The Kier molecular flexibility index (Phi) is 2.55. The Labute approximate surface area is 105 Å². The fraction of sp³-hybridized carbons (Fsp3) is 0.625. The lowest BCUT2D eigenvalue weighted by atomic mass is 9.84. The molecule has 1 heteroatoms. The third-order valence-corrected chi connectivity index (χ3v) is 4.56. The molecule has 92 valence electrons. The molecular formula is C16H23N. The van der Waals surface area contributed by atoms with Crippen LogP contribution in [0.25, 0.3) is 0 Å². The zero-order valence-electron chi connectivity index (χ0n) is 11.1. The lowest BCUT2D eigenvalue weighted by molar-refractivity contribution is 0.275. The minimum atomic E-state index is 0.549. The molecule has 1 aromatic rings. The number of nitrogens with zero attached hydrogens (tertiary/aromatic N) is 1. The van der Waals surface area contributed by atoms with Crippen LogP contribution in [0.5, 0.6) is 0 Å². The normalized spacial score (nSPS) is 23.7. The highest BCUT2D eigenvalue weighted by Gasteiger charge is 2.54. The molecule has 1 nitrogen and oxygen atoms in total. The van der Waals surface area contributed by atoms with E-state index in [0.29, 0.717) is 10.8 Å². The number of rotatable bonds is 5. The Bertz CT molecular complexity index is 385. The molecule has 2 aliphatic rings. The molecule has 2 saturated carbocycles. The van der Waals surface area contributed by atoms with Crippen molar-refractivity contribution in [3.63, 3.8) is 0 Å².